The quantitative estimate of drug-likeness (QED) is 0.594. The van der Waals surface area contributed by atoms with Crippen molar-refractivity contribution in [2.24, 2.45) is 0 Å². The predicted molar refractivity (Wildman–Crippen MR) is 70.2 cm³/mol. The highest BCUT2D eigenvalue weighted by Crippen LogP contribution is 2.18. The second kappa shape index (κ2) is 9.67. The van der Waals surface area contributed by atoms with Crippen LogP contribution >= 0.6 is 0 Å². The maximum atomic E-state index is 8.35. The Morgan fingerprint density at radius 1 is 0.944 bits per heavy atom. The van der Waals surface area contributed by atoms with E-state index in [4.69, 9.17) is 20.4 Å². The summed E-state index contributed by atoms with van der Waals surface area (Å²) in [5.41, 5.74) is 1.44. The van der Waals surface area contributed by atoms with Crippen LogP contribution < -0.4 is 0 Å². The zero-order valence-electron chi connectivity index (χ0n) is 10.1. The maximum absolute atomic E-state index is 8.35. The van der Waals surface area contributed by atoms with Gasteiger partial charge in [0.25, 0.3) is 0 Å². The fourth-order valence-corrected chi connectivity index (χ4v) is 1.60. The van der Waals surface area contributed by atoms with Crippen LogP contribution in [0, 0.1) is 10.8 Å². The Bertz CT molecular complexity index is 535. The lowest BCUT2D eigenvalue weighted by Crippen LogP contribution is -1.81. The fraction of sp³-hybridized carbons (Fsp3) is 0.143. The Kier molecular flexibility index (Phi) is 8.30. The summed E-state index contributed by atoms with van der Waals surface area (Å²) in [5.74, 6) is 0. The Hall–Kier alpha value is -2.54. The van der Waals surface area contributed by atoms with E-state index >= 15 is 0 Å². The van der Waals surface area contributed by atoms with Gasteiger partial charge >= 0.3 is 0 Å². The first-order valence-electron chi connectivity index (χ1n) is 5.29. The summed E-state index contributed by atoms with van der Waals surface area (Å²) in [6.45, 7) is 2.20. The molecule has 0 aliphatic rings. The maximum Gasteiger partial charge on any atom is 0.231 e. The summed E-state index contributed by atoms with van der Waals surface area (Å²) in [6.07, 6.45) is 2.61. The van der Waals surface area contributed by atoms with Crippen LogP contribution in [0.4, 0.5) is 0 Å². The first-order valence-corrected chi connectivity index (χ1v) is 5.29. The molecule has 4 heteroatoms. The average Bonchev–Trinajstić information content (AvgIpc) is 2.40. The molecule has 0 heterocycles. The molecule has 2 rings (SSSR count). The number of carbonyl (C=O) groups excluding carboxylic acids is 2. The molecule has 0 unspecified atom stereocenters. The molecule has 0 atom stereocenters. The van der Waals surface area contributed by atoms with Crippen LogP contribution in [0.5, 0.6) is 0 Å². The van der Waals surface area contributed by atoms with Gasteiger partial charge in [-0.3, -0.25) is 0 Å². The van der Waals surface area contributed by atoms with E-state index in [0.29, 0.717) is 0 Å². The van der Waals surface area contributed by atoms with E-state index in [1.54, 1.807) is 0 Å². The molecule has 0 aliphatic carbocycles. The number of hydrogen-bond acceptors (Lipinski definition) is 4. The minimum absolute atomic E-state index is 0.750. The molecule has 0 bridgehead atoms. The lowest BCUT2D eigenvalue weighted by atomic mass is 10.0. The molecule has 2 aromatic rings. The average molecular weight is 242 g/mol. The van der Waals surface area contributed by atoms with Crippen molar-refractivity contribution < 1.29 is 9.59 Å². The van der Waals surface area contributed by atoms with Gasteiger partial charge in [-0.15, -0.1) is 0 Å². The Balaban J connectivity index is 0.000000414. The van der Waals surface area contributed by atoms with Crippen molar-refractivity contribution in [2.45, 2.75) is 13.3 Å². The van der Waals surface area contributed by atoms with Gasteiger partial charge in [0.05, 0.1) is 0 Å². The van der Waals surface area contributed by atoms with Gasteiger partial charge in [-0.05, 0) is 22.8 Å². The number of rotatable bonds is 1. The van der Waals surface area contributed by atoms with Gasteiger partial charge in [-0.2, -0.15) is 0 Å². The Labute approximate surface area is 105 Å². The van der Waals surface area contributed by atoms with E-state index in [0.717, 1.165) is 18.6 Å². The minimum Gasteiger partial charge on any atom is -0.222 e. The third-order valence-corrected chi connectivity index (χ3v) is 2.26. The van der Waals surface area contributed by atoms with Crippen LogP contribution in [0.1, 0.15) is 12.5 Å². The van der Waals surface area contributed by atoms with E-state index in [1.807, 2.05) is 0 Å². The zero-order valence-corrected chi connectivity index (χ0v) is 10.1. The molecule has 0 aromatic heterocycles. The van der Waals surface area contributed by atoms with Crippen molar-refractivity contribution in [1.29, 1.82) is 10.8 Å². The standard InChI is InChI=1S/C12H12.2CHNO/c1-2-10-7-5-8-11-6-3-4-9-12(10)11;2*2-1-3/h3-9H,2H2,1H3;2*2H. The first kappa shape index (κ1) is 15.5. The third kappa shape index (κ3) is 4.99. The summed E-state index contributed by atoms with van der Waals surface area (Å²) in [4.78, 5) is 16.7. The summed E-state index contributed by atoms with van der Waals surface area (Å²) < 4.78 is 0. The molecule has 2 N–H and O–H groups in total. The molecule has 0 fully saturated rings. The molecule has 0 saturated carbocycles. The molecule has 0 aliphatic heterocycles. The Morgan fingerprint density at radius 3 is 2.00 bits per heavy atom. The van der Waals surface area contributed by atoms with Crippen molar-refractivity contribution >= 4 is 22.9 Å². The normalized spacial score (nSPS) is 7.83. The monoisotopic (exact) mass is 242 g/mol. The summed E-state index contributed by atoms with van der Waals surface area (Å²) >= 11 is 0. The van der Waals surface area contributed by atoms with E-state index < -0.39 is 0 Å². The number of hydrogen-bond donors (Lipinski definition) is 2. The number of nitrogens with one attached hydrogen (secondary N) is 2. The summed E-state index contributed by atoms with van der Waals surface area (Å²) in [5, 5.41) is 13.5. The molecule has 4 nitrogen and oxygen atoms in total. The van der Waals surface area contributed by atoms with Gasteiger partial charge < -0.3 is 0 Å². The van der Waals surface area contributed by atoms with Crippen LogP contribution in [0.15, 0.2) is 42.5 Å². The number of fused-ring (bicyclic) bond motifs is 1. The van der Waals surface area contributed by atoms with Gasteiger partial charge in [0.15, 0.2) is 0 Å². The lowest BCUT2D eigenvalue weighted by Gasteiger charge is -2.02. The molecule has 0 saturated heterocycles. The minimum atomic E-state index is 0.750. The molecular weight excluding hydrogens is 228 g/mol. The van der Waals surface area contributed by atoms with Crippen LogP contribution in [0.2, 0.25) is 0 Å². The second-order valence-corrected chi connectivity index (χ2v) is 3.20. The Morgan fingerprint density at radius 2 is 1.44 bits per heavy atom. The summed E-state index contributed by atoms with van der Waals surface area (Å²) in [7, 11) is 0. The SMILES string of the molecule is CCc1cccc2ccccc12.N=C=O.N=C=O. The van der Waals surface area contributed by atoms with E-state index in [9.17, 15) is 0 Å². The summed E-state index contributed by atoms with van der Waals surface area (Å²) in [6, 6.07) is 15.0. The van der Waals surface area contributed by atoms with Gasteiger partial charge in [0.2, 0.25) is 12.2 Å². The smallest absolute Gasteiger partial charge is 0.222 e. The van der Waals surface area contributed by atoms with Crippen molar-refractivity contribution in [3.63, 3.8) is 0 Å². The zero-order chi connectivity index (χ0) is 13.8. The molecule has 0 amide bonds. The van der Waals surface area contributed by atoms with E-state index in [1.165, 1.54) is 16.3 Å². The van der Waals surface area contributed by atoms with Crippen molar-refractivity contribution in [3.05, 3.63) is 48.0 Å². The van der Waals surface area contributed by atoms with Crippen LogP contribution in [0.3, 0.4) is 0 Å². The van der Waals surface area contributed by atoms with E-state index in [-0.39, 0.29) is 0 Å². The topological polar surface area (TPSA) is 81.8 Å². The molecule has 0 spiro atoms. The third-order valence-electron chi connectivity index (χ3n) is 2.26. The van der Waals surface area contributed by atoms with Crippen LogP contribution in [-0.4, -0.2) is 12.2 Å². The fourth-order valence-electron chi connectivity index (χ4n) is 1.60. The van der Waals surface area contributed by atoms with Crippen molar-refractivity contribution in [3.8, 4) is 0 Å². The van der Waals surface area contributed by atoms with Gasteiger partial charge in [-0.25, -0.2) is 20.4 Å². The highest BCUT2D eigenvalue weighted by atomic mass is 16.1. The molecule has 92 valence electrons. The first-order chi connectivity index (χ1) is 8.74. The van der Waals surface area contributed by atoms with Crippen LogP contribution in [-0.2, 0) is 16.0 Å². The predicted octanol–water partition coefficient (Wildman–Crippen LogP) is 3.20. The molecule has 2 aromatic carbocycles. The van der Waals surface area contributed by atoms with Gasteiger partial charge in [0.1, 0.15) is 0 Å². The molecular formula is C14H14N2O2. The van der Waals surface area contributed by atoms with Gasteiger partial charge in [0, 0.05) is 0 Å². The number of benzene rings is 2. The molecule has 18 heavy (non-hydrogen) atoms. The lowest BCUT2D eigenvalue weighted by molar-refractivity contribution is 0.562. The number of isocyanates is 2. The van der Waals surface area contributed by atoms with Crippen molar-refractivity contribution in [2.75, 3.05) is 0 Å². The highest BCUT2D eigenvalue weighted by Gasteiger charge is 1.95. The highest BCUT2D eigenvalue weighted by molar-refractivity contribution is 5.85. The van der Waals surface area contributed by atoms with Gasteiger partial charge in [-0.1, -0.05) is 49.4 Å². The van der Waals surface area contributed by atoms with E-state index in [2.05, 4.69) is 49.4 Å². The van der Waals surface area contributed by atoms with Crippen molar-refractivity contribution in [1.82, 2.24) is 0 Å². The van der Waals surface area contributed by atoms with Crippen LogP contribution in [0.25, 0.3) is 10.8 Å². The number of aryl methyl sites for hydroxylation is 1. The molecule has 0 radical (unpaired) electrons. The largest absolute Gasteiger partial charge is 0.231 e. The second-order valence-electron chi connectivity index (χ2n) is 3.20.